The van der Waals surface area contributed by atoms with Gasteiger partial charge in [0.05, 0.1) is 10.5 Å². The summed E-state index contributed by atoms with van der Waals surface area (Å²) in [4.78, 5) is 12.2. The Morgan fingerprint density at radius 1 is 1.26 bits per heavy atom. The van der Waals surface area contributed by atoms with Crippen molar-refractivity contribution in [1.82, 2.24) is 0 Å². The third-order valence-corrected chi connectivity index (χ3v) is 6.66. The van der Waals surface area contributed by atoms with Crippen molar-refractivity contribution in [3.8, 4) is 0 Å². The molecule has 0 spiro atoms. The molecule has 0 aromatic heterocycles. The van der Waals surface area contributed by atoms with Crippen molar-refractivity contribution >= 4 is 27.4 Å². The Morgan fingerprint density at radius 2 is 1.89 bits per heavy atom. The van der Waals surface area contributed by atoms with Crippen LogP contribution in [0.4, 0.5) is 0 Å². The minimum absolute atomic E-state index is 0.0183. The van der Waals surface area contributed by atoms with Gasteiger partial charge in [-0.15, -0.1) is 11.8 Å². The fourth-order valence-electron chi connectivity index (χ4n) is 1.38. The van der Waals surface area contributed by atoms with Gasteiger partial charge in [0.1, 0.15) is 0 Å². The van der Waals surface area contributed by atoms with Crippen molar-refractivity contribution in [2.75, 3.05) is 11.5 Å². The van der Waals surface area contributed by atoms with Crippen LogP contribution in [0.25, 0.3) is 0 Å². The summed E-state index contributed by atoms with van der Waals surface area (Å²) in [5, 5.41) is 0. The summed E-state index contributed by atoms with van der Waals surface area (Å²) in [6, 6.07) is 7.27. The number of hydrogen-bond acceptors (Lipinski definition) is 4. The highest BCUT2D eigenvalue weighted by Gasteiger charge is 2.28. The highest BCUT2D eigenvalue weighted by Crippen LogP contribution is 2.22. The van der Waals surface area contributed by atoms with E-state index in [9.17, 15) is 13.2 Å². The lowest BCUT2D eigenvalue weighted by atomic mass is 10.2. The van der Waals surface area contributed by atoms with Crippen LogP contribution in [-0.4, -0.2) is 30.5 Å². The Balaban J connectivity index is 2.64. The highest BCUT2D eigenvalue weighted by molar-refractivity contribution is 8.01. The standard InChI is InChI=1S/C14H20O3S2/c1-11(15)12-6-5-7-13(10-12)18-8-9-19(16,17)14(2,3)4/h5-7,10H,8-9H2,1-4H3. The maximum atomic E-state index is 12.0. The number of benzene rings is 1. The van der Waals surface area contributed by atoms with Gasteiger partial charge < -0.3 is 0 Å². The molecule has 1 aromatic carbocycles. The lowest BCUT2D eigenvalue weighted by Gasteiger charge is -2.18. The van der Waals surface area contributed by atoms with Gasteiger partial charge >= 0.3 is 0 Å². The molecule has 0 atom stereocenters. The predicted octanol–water partition coefficient (Wildman–Crippen LogP) is 3.19. The molecule has 0 heterocycles. The summed E-state index contributed by atoms with van der Waals surface area (Å²) in [7, 11) is -3.08. The molecule has 0 bridgehead atoms. The Bertz CT molecular complexity index is 554. The maximum Gasteiger partial charge on any atom is 0.159 e. The van der Waals surface area contributed by atoms with Crippen LogP contribution < -0.4 is 0 Å². The average molecular weight is 300 g/mol. The first-order valence-electron chi connectivity index (χ1n) is 6.09. The average Bonchev–Trinajstić information content (AvgIpc) is 2.27. The molecule has 0 aliphatic heterocycles. The van der Waals surface area contributed by atoms with Gasteiger partial charge in [0.2, 0.25) is 0 Å². The molecular formula is C14H20O3S2. The second kappa shape index (κ2) is 6.09. The van der Waals surface area contributed by atoms with Gasteiger partial charge in [-0.1, -0.05) is 12.1 Å². The van der Waals surface area contributed by atoms with E-state index in [-0.39, 0.29) is 11.5 Å². The molecular weight excluding hydrogens is 280 g/mol. The molecule has 0 fully saturated rings. The second-order valence-electron chi connectivity index (χ2n) is 5.36. The molecule has 5 heteroatoms. The van der Waals surface area contributed by atoms with E-state index in [1.165, 1.54) is 18.7 Å². The molecule has 0 N–H and O–H groups in total. The molecule has 0 saturated carbocycles. The topological polar surface area (TPSA) is 51.2 Å². The molecule has 0 aliphatic rings. The van der Waals surface area contributed by atoms with Gasteiger partial charge in [0, 0.05) is 16.2 Å². The molecule has 0 amide bonds. The summed E-state index contributed by atoms with van der Waals surface area (Å²) in [6.45, 7) is 6.66. The monoisotopic (exact) mass is 300 g/mol. The zero-order valence-corrected chi connectivity index (χ0v) is 13.4. The van der Waals surface area contributed by atoms with Crippen molar-refractivity contribution in [3.63, 3.8) is 0 Å². The van der Waals surface area contributed by atoms with E-state index in [0.29, 0.717) is 11.3 Å². The van der Waals surface area contributed by atoms with Gasteiger partial charge in [-0.2, -0.15) is 0 Å². The van der Waals surface area contributed by atoms with Gasteiger partial charge in [-0.3, -0.25) is 4.79 Å². The fourth-order valence-corrected chi connectivity index (χ4v) is 3.82. The van der Waals surface area contributed by atoms with Crippen molar-refractivity contribution in [1.29, 1.82) is 0 Å². The van der Waals surface area contributed by atoms with Gasteiger partial charge in [-0.05, 0) is 39.8 Å². The summed E-state index contributed by atoms with van der Waals surface area (Å²) in [5.41, 5.74) is 0.656. The van der Waals surface area contributed by atoms with Crippen LogP contribution in [-0.2, 0) is 9.84 Å². The normalized spacial score (nSPS) is 12.4. The molecule has 0 unspecified atom stereocenters. The predicted molar refractivity (Wildman–Crippen MR) is 80.7 cm³/mol. The van der Waals surface area contributed by atoms with E-state index in [1.54, 1.807) is 32.9 Å². The van der Waals surface area contributed by atoms with Gasteiger partial charge in [0.15, 0.2) is 15.6 Å². The van der Waals surface area contributed by atoms with E-state index in [4.69, 9.17) is 0 Å². The molecule has 1 aromatic rings. The van der Waals surface area contributed by atoms with Gasteiger partial charge in [-0.25, -0.2) is 8.42 Å². The van der Waals surface area contributed by atoms with Crippen LogP contribution in [0.1, 0.15) is 38.1 Å². The Labute approximate surface area is 119 Å². The third-order valence-electron chi connectivity index (χ3n) is 2.79. The minimum Gasteiger partial charge on any atom is -0.295 e. The maximum absolute atomic E-state index is 12.0. The quantitative estimate of drug-likeness (QED) is 0.619. The molecule has 106 valence electrons. The van der Waals surface area contributed by atoms with Crippen molar-refractivity contribution < 1.29 is 13.2 Å². The zero-order chi connectivity index (χ0) is 14.7. The van der Waals surface area contributed by atoms with Crippen molar-refractivity contribution in [3.05, 3.63) is 29.8 Å². The van der Waals surface area contributed by atoms with E-state index < -0.39 is 14.6 Å². The lowest BCUT2D eigenvalue weighted by Crippen LogP contribution is -2.31. The number of carbonyl (C=O) groups excluding carboxylic acids is 1. The molecule has 3 nitrogen and oxygen atoms in total. The lowest BCUT2D eigenvalue weighted by molar-refractivity contribution is 0.101. The summed E-state index contributed by atoms with van der Waals surface area (Å²) in [5.74, 6) is 0.664. The fraction of sp³-hybridized carbons (Fsp3) is 0.500. The largest absolute Gasteiger partial charge is 0.295 e. The van der Waals surface area contributed by atoms with Crippen LogP contribution in [0, 0.1) is 0 Å². The Kier molecular flexibility index (Phi) is 5.21. The van der Waals surface area contributed by atoms with Gasteiger partial charge in [0.25, 0.3) is 0 Å². The van der Waals surface area contributed by atoms with Crippen molar-refractivity contribution in [2.24, 2.45) is 0 Å². The Morgan fingerprint density at radius 3 is 2.42 bits per heavy atom. The summed E-state index contributed by atoms with van der Waals surface area (Å²) >= 11 is 1.46. The number of ketones is 1. The van der Waals surface area contributed by atoms with Crippen molar-refractivity contribution in [2.45, 2.75) is 37.3 Å². The van der Waals surface area contributed by atoms with E-state index in [1.807, 2.05) is 12.1 Å². The summed E-state index contributed by atoms with van der Waals surface area (Å²) in [6.07, 6.45) is 0. The third kappa shape index (κ3) is 4.66. The zero-order valence-electron chi connectivity index (χ0n) is 11.8. The molecule has 1 rings (SSSR count). The van der Waals surface area contributed by atoms with Crippen LogP contribution in [0.5, 0.6) is 0 Å². The van der Waals surface area contributed by atoms with Crippen LogP contribution in [0.3, 0.4) is 0 Å². The molecule has 0 aliphatic carbocycles. The van der Waals surface area contributed by atoms with Crippen LogP contribution in [0.2, 0.25) is 0 Å². The minimum atomic E-state index is -3.08. The number of rotatable bonds is 5. The van der Waals surface area contributed by atoms with E-state index >= 15 is 0 Å². The summed E-state index contributed by atoms with van der Waals surface area (Å²) < 4.78 is 23.2. The number of sulfone groups is 1. The molecule has 19 heavy (non-hydrogen) atoms. The SMILES string of the molecule is CC(=O)c1cccc(SCCS(=O)(=O)C(C)(C)C)c1. The van der Waals surface area contributed by atoms with E-state index in [0.717, 1.165) is 4.90 Å². The van der Waals surface area contributed by atoms with Crippen LogP contribution >= 0.6 is 11.8 Å². The molecule has 0 saturated heterocycles. The number of carbonyl (C=O) groups is 1. The number of Topliss-reactive ketones (excluding diaryl/α,β-unsaturated/α-hetero) is 1. The first-order valence-corrected chi connectivity index (χ1v) is 8.73. The number of thioether (sulfide) groups is 1. The highest BCUT2D eigenvalue weighted by atomic mass is 32.2. The second-order valence-corrected chi connectivity index (χ2v) is 9.39. The van der Waals surface area contributed by atoms with E-state index in [2.05, 4.69) is 0 Å². The first-order chi connectivity index (χ1) is 8.63. The molecule has 0 radical (unpaired) electrons. The number of hydrogen-bond donors (Lipinski definition) is 0. The Hall–Kier alpha value is -0.810. The smallest absolute Gasteiger partial charge is 0.159 e. The first kappa shape index (κ1) is 16.2. The van der Waals surface area contributed by atoms with Crippen LogP contribution in [0.15, 0.2) is 29.2 Å².